The van der Waals surface area contributed by atoms with Crippen LogP contribution in [0.4, 0.5) is 5.69 Å². The maximum absolute atomic E-state index is 13.2. The third-order valence-electron chi connectivity index (χ3n) is 4.40. The number of amidine groups is 1. The summed E-state index contributed by atoms with van der Waals surface area (Å²) in [4.78, 5) is 19.5. The molecular weight excluding hydrogens is 372 g/mol. The molecule has 0 fully saturated rings. The van der Waals surface area contributed by atoms with E-state index in [1.807, 2.05) is 66.7 Å². The van der Waals surface area contributed by atoms with Gasteiger partial charge in [-0.1, -0.05) is 41.9 Å². The molecule has 1 amide bonds. The van der Waals surface area contributed by atoms with Gasteiger partial charge in [0.05, 0.1) is 12.8 Å². The molecule has 0 bridgehead atoms. The number of halogens is 1. The minimum atomic E-state index is -0.174. The minimum Gasteiger partial charge on any atom is -0.497 e. The van der Waals surface area contributed by atoms with Crippen LogP contribution in [0, 0.1) is 0 Å². The highest BCUT2D eigenvalue weighted by molar-refractivity contribution is 6.33. The first-order valence-electron chi connectivity index (χ1n) is 8.75. The lowest BCUT2D eigenvalue weighted by Crippen LogP contribution is -2.32. The molecule has 138 valence electrons. The number of hydrogen-bond acceptors (Lipinski definition) is 3. The van der Waals surface area contributed by atoms with Crippen molar-refractivity contribution in [2.75, 3.05) is 12.0 Å². The zero-order valence-electron chi connectivity index (χ0n) is 15.2. The predicted octanol–water partition coefficient (Wildman–Crippen LogP) is 5.18. The van der Waals surface area contributed by atoms with E-state index in [4.69, 9.17) is 16.3 Å². The van der Waals surface area contributed by atoms with E-state index in [2.05, 4.69) is 4.99 Å². The Morgan fingerprint density at radius 2 is 1.61 bits per heavy atom. The van der Waals surface area contributed by atoms with Gasteiger partial charge in [0.15, 0.2) is 0 Å². The fourth-order valence-corrected chi connectivity index (χ4v) is 3.11. The van der Waals surface area contributed by atoms with Gasteiger partial charge in [0.2, 0.25) is 0 Å². The highest BCUT2D eigenvalue weighted by atomic mass is 35.5. The van der Waals surface area contributed by atoms with Gasteiger partial charge >= 0.3 is 0 Å². The molecule has 0 saturated heterocycles. The molecule has 0 radical (unpaired) electrons. The van der Waals surface area contributed by atoms with Crippen molar-refractivity contribution in [3.8, 4) is 5.75 Å². The van der Waals surface area contributed by atoms with E-state index in [0.717, 1.165) is 22.6 Å². The second kappa shape index (κ2) is 7.71. The molecule has 1 aliphatic heterocycles. The van der Waals surface area contributed by atoms with Gasteiger partial charge in [-0.2, -0.15) is 0 Å². The molecule has 4 nitrogen and oxygen atoms in total. The van der Waals surface area contributed by atoms with Crippen LogP contribution in [-0.4, -0.2) is 18.9 Å². The Bertz CT molecular complexity index is 1060. The third kappa shape index (κ3) is 3.55. The topological polar surface area (TPSA) is 41.9 Å². The molecule has 3 aromatic rings. The summed E-state index contributed by atoms with van der Waals surface area (Å²) in [6.45, 7) is 0. The monoisotopic (exact) mass is 388 g/mol. The van der Waals surface area contributed by atoms with Crippen LogP contribution in [0.15, 0.2) is 89.6 Å². The van der Waals surface area contributed by atoms with Crippen molar-refractivity contribution in [1.82, 2.24) is 0 Å². The van der Waals surface area contributed by atoms with Crippen LogP contribution in [-0.2, 0) is 4.79 Å². The van der Waals surface area contributed by atoms with E-state index in [1.54, 1.807) is 30.2 Å². The van der Waals surface area contributed by atoms with Crippen molar-refractivity contribution in [2.24, 2.45) is 4.99 Å². The maximum Gasteiger partial charge on any atom is 0.282 e. The van der Waals surface area contributed by atoms with Crippen LogP contribution in [0.1, 0.15) is 11.1 Å². The Morgan fingerprint density at radius 1 is 0.929 bits per heavy atom. The van der Waals surface area contributed by atoms with Crippen molar-refractivity contribution in [3.63, 3.8) is 0 Å². The molecule has 0 N–H and O–H groups in total. The van der Waals surface area contributed by atoms with Crippen molar-refractivity contribution < 1.29 is 9.53 Å². The van der Waals surface area contributed by atoms with Crippen LogP contribution < -0.4 is 9.64 Å². The Hall–Kier alpha value is -3.37. The number of benzene rings is 3. The summed E-state index contributed by atoms with van der Waals surface area (Å²) < 4.78 is 5.23. The van der Waals surface area contributed by atoms with Gasteiger partial charge in [-0.15, -0.1) is 0 Å². The van der Waals surface area contributed by atoms with Crippen LogP contribution >= 0.6 is 11.6 Å². The zero-order valence-corrected chi connectivity index (χ0v) is 15.9. The minimum absolute atomic E-state index is 0.174. The molecule has 0 saturated carbocycles. The smallest absolute Gasteiger partial charge is 0.282 e. The van der Waals surface area contributed by atoms with Gasteiger partial charge in [0.1, 0.15) is 17.3 Å². The van der Waals surface area contributed by atoms with E-state index in [-0.39, 0.29) is 5.91 Å². The summed E-state index contributed by atoms with van der Waals surface area (Å²) in [6, 6.07) is 24.3. The second-order valence-electron chi connectivity index (χ2n) is 6.22. The van der Waals surface area contributed by atoms with Gasteiger partial charge in [-0.05, 0) is 60.2 Å². The molecule has 0 unspecified atom stereocenters. The van der Waals surface area contributed by atoms with Crippen LogP contribution in [0.2, 0.25) is 5.02 Å². The van der Waals surface area contributed by atoms with E-state index in [9.17, 15) is 4.79 Å². The largest absolute Gasteiger partial charge is 0.497 e. The summed E-state index contributed by atoms with van der Waals surface area (Å²) in [5.74, 6) is 1.16. The average molecular weight is 389 g/mol. The fourth-order valence-electron chi connectivity index (χ4n) is 2.98. The first-order valence-corrected chi connectivity index (χ1v) is 9.13. The first kappa shape index (κ1) is 18.0. The molecule has 28 heavy (non-hydrogen) atoms. The predicted molar refractivity (Wildman–Crippen MR) is 113 cm³/mol. The number of para-hydroxylation sites is 1. The molecular formula is C23H17ClN2O2. The zero-order chi connectivity index (χ0) is 19.5. The van der Waals surface area contributed by atoms with Gasteiger partial charge in [0, 0.05) is 10.6 Å². The van der Waals surface area contributed by atoms with Gasteiger partial charge < -0.3 is 4.74 Å². The van der Waals surface area contributed by atoms with E-state index in [1.165, 1.54) is 0 Å². The van der Waals surface area contributed by atoms with Crippen molar-refractivity contribution in [2.45, 2.75) is 0 Å². The fraction of sp³-hybridized carbons (Fsp3) is 0.0435. The summed E-state index contributed by atoms with van der Waals surface area (Å²) in [7, 11) is 1.62. The van der Waals surface area contributed by atoms with Crippen LogP contribution in [0.3, 0.4) is 0 Å². The Labute approximate surface area is 168 Å². The molecule has 4 rings (SSSR count). The number of carbonyl (C=O) groups excluding carboxylic acids is 1. The lowest BCUT2D eigenvalue weighted by Gasteiger charge is -2.18. The Kier molecular flexibility index (Phi) is 4.96. The summed E-state index contributed by atoms with van der Waals surface area (Å²) in [5, 5.41) is 0.647. The van der Waals surface area contributed by atoms with Crippen molar-refractivity contribution in [1.29, 1.82) is 0 Å². The lowest BCUT2D eigenvalue weighted by molar-refractivity contribution is -0.113. The Morgan fingerprint density at radius 3 is 2.25 bits per heavy atom. The number of amides is 1. The highest BCUT2D eigenvalue weighted by Crippen LogP contribution is 2.28. The molecule has 5 heteroatoms. The summed E-state index contributed by atoms with van der Waals surface area (Å²) >= 11 is 5.95. The van der Waals surface area contributed by atoms with Gasteiger partial charge in [0.25, 0.3) is 5.91 Å². The normalized spacial score (nSPS) is 15.1. The van der Waals surface area contributed by atoms with Crippen molar-refractivity contribution in [3.05, 3.63) is 101 Å². The van der Waals surface area contributed by atoms with Gasteiger partial charge in [-0.25, -0.2) is 4.99 Å². The standard InChI is InChI=1S/C23H17ClN2O2/c1-28-20-13-9-17(10-14-20)22-25-21(15-16-7-11-18(24)12-8-16)23(27)26(22)19-5-3-2-4-6-19/h2-15H,1H3/b21-15+. The summed E-state index contributed by atoms with van der Waals surface area (Å²) in [5.41, 5.74) is 2.83. The quantitative estimate of drug-likeness (QED) is 0.577. The van der Waals surface area contributed by atoms with E-state index < -0.39 is 0 Å². The number of ether oxygens (including phenoxy) is 1. The third-order valence-corrected chi connectivity index (χ3v) is 4.65. The Balaban J connectivity index is 1.79. The van der Waals surface area contributed by atoms with Crippen molar-refractivity contribution >= 4 is 35.1 Å². The van der Waals surface area contributed by atoms with E-state index >= 15 is 0 Å². The molecule has 3 aromatic carbocycles. The second-order valence-corrected chi connectivity index (χ2v) is 6.66. The SMILES string of the molecule is COc1ccc(C2=N/C(=C/c3ccc(Cl)cc3)C(=O)N2c2ccccc2)cc1. The van der Waals surface area contributed by atoms with Crippen LogP contribution in [0.5, 0.6) is 5.75 Å². The number of aliphatic imine (C=N–C) groups is 1. The molecule has 0 aliphatic carbocycles. The number of carbonyl (C=O) groups is 1. The average Bonchev–Trinajstić information content (AvgIpc) is 3.06. The summed E-state index contributed by atoms with van der Waals surface area (Å²) in [6.07, 6.45) is 1.77. The number of anilines is 1. The number of rotatable bonds is 4. The molecule has 0 aromatic heterocycles. The van der Waals surface area contributed by atoms with Gasteiger partial charge in [-0.3, -0.25) is 9.69 Å². The molecule has 0 atom stereocenters. The van der Waals surface area contributed by atoms with Crippen LogP contribution in [0.25, 0.3) is 6.08 Å². The maximum atomic E-state index is 13.2. The van der Waals surface area contributed by atoms with E-state index in [0.29, 0.717) is 16.6 Å². The molecule has 0 spiro atoms. The molecule has 1 aliphatic rings. The highest BCUT2D eigenvalue weighted by Gasteiger charge is 2.32. The lowest BCUT2D eigenvalue weighted by atomic mass is 10.1. The number of hydrogen-bond donors (Lipinski definition) is 0. The number of nitrogens with zero attached hydrogens (tertiary/aromatic N) is 2. The first-order chi connectivity index (χ1) is 13.7. The number of methoxy groups -OCH3 is 1. The molecule has 1 heterocycles.